The number of aromatic nitrogens is 4. The number of oxazole rings is 2. The van der Waals surface area contributed by atoms with Crippen LogP contribution in [0.4, 0.5) is 17.1 Å². The average Bonchev–Trinajstić information content (AvgIpc) is 3.89. The van der Waals surface area contributed by atoms with Crippen molar-refractivity contribution < 1.29 is 28.6 Å². The molecular formula is C40H31ClN6O6. The van der Waals surface area contributed by atoms with E-state index in [0.29, 0.717) is 39.4 Å². The summed E-state index contributed by atoms with van der Waals surface area (Å²) in [5.74, 6) is -1.08. The van der Waals surface area contributed by atoms with E-state index in [1.54, 1.807) is 67.3 Å². The van der Waals surface area contributed by atoms with Gasteiger partial charge in [0.25, 0.3) is 0 Å². The maximum absolute atomic E-state index is 11.6. The maximum atomic E-state index is 11.6. The van der Waals surface area contributed by atoms with Crippen molar-refractivity contribution in [2.24, 2.45) is 0 Å². The summed E-state index contributed by atoms with van der Waals surface area (Å²) in [6, 6.07) is 25.0. The predicted molar refractivity (Wildman–Crippen MR) is 203 cm³/mol. The third-order valence-electron chi connectivity index (χ3n) is 7.91. The van der Waals surface area contributed by atoms with E-state index in [0.717, 1.165) is 38.5 Å². The molecule has 0 aliphatic carbocycles. The summed E-state index contributed by atoms with van der Waals surface area (Å²) in [6.45, 7) is 4.01. The molecule has 0 amide bonds. The maximum Gasteiger partial charge on any atom is 0.337 e. The molecule has 0 aliphatic rings. The lowest BCUT2D eigenvalue weighted by atomic mass is 10.1. The van der Waals surface area contributed by atoms with E-state index in [2.05, 4.69) is 25.3 Å². The molecule has 4 aromatic heterocycles. The molecule has 0 atom stereocenters. The van der Waals surface area contributed by atoms with Gasteiger partial charge in [-0.3, -0.25) is 9.97 Å². The molecule has 264 valence electrons. The molecule has 0 aliphatic heterocycles. The summed E-state index contributed by atoms with van der Waals surface area (Å²) < 4.78 is 10.7. The Balaban J connectivity index is 0.000000152. The Kier molecular flexibility index (Phi) is 10.7. The van der Waals surface area contributed by atoms with Gasteiger partial charge < -0.3 is 30.1 Å². The molecule has 0 saturated carbocycles. The van der Waals surface area contributed by atoms with E-state index in [4.69, 9.17) is 31.3 Å². The van der Waals surface area contributed by atoms with Gasteiger partial charge in [0.1, 0.15) is 12.5 Å². The number of hydrogen-bond acceptors (Lipinski definition) is 10. The fourth-order valence-electron chi connectivity index (χ4n) is 5.34. The highest BCUT2D eigenvalue weighted by Crippen LogP contribution is 2.36. The number of carboxylic acids is 2. The van der Waals surface area contributed by atoms with Gasteiger partial charge in [-0.05, 0) is 62.4 Å². The monoisotopic (exact) mass is 726 g/mol. The number of para-hydroxylation sites is 2. The van der Waals surface area contributed by atoms with Gasteiger partial charge in [0.05, 0.1) is 62.1 Å². The van der Waals surface area contributed by atoms with Gasteiger partial charge in [-0.25, -0.2) is 19.6 Å². The molecule has 4 heterocycles. The molecule has 8 rings (SSSR count). The average molecular weight is 727 g/mol. The number of pyridine rings is 2. The topological polar surface area (TPSA) is 190 Å². The zero-order chi connectivity index (χ0) is 37.5. The van der Waals surface area contributed by atoms with Crippen LogP contribution in [0.2, 0.25) is 5.02 Å². The van der Waals surface area contributed by atoms with Crippen LogP contribution in [0.5, 0.6) is 0 Å². The van der Waals surface area contributed by atoms with Crippen LogP contribution in [-0.2, 0) is 0 Å². The zero-order valence-electron chi connectivity index (χ0n) is 28.3. The number of nitrogen functional groups attached to an aromatic ring is 1. The number of anilines is 3. The summed E-state index contributed by atoms with van der Waals surface area (Å²) in [5.41, 5.74) is 12.4. The number of nitrogens with zero attached hydrogens (tertiary/aromatic N) is 4. The van der Waals surface area contributed by atoms with Crippen LogP contribution >= 0.6 is 11.6 Å². The van der Waals surface area contributed by atoms with Crippen molar-refractivity contribution in [1.29, 1.82) is 0 Å². The lowest BCUT2D eigenvalue weighted by Gasteiger charge is -2.15. The fourth-order valence-corrected chi connectivity index (χ4v) is 5.63. The minimum atomic E-state index is -1.000. The first-order valence-electron chi connectivity index (χ1n) is 16.0. The van der Waals surface area contributed by atoms with Crippen LogP contribution in [0.15, 0.2) is 131 Å². The smallest absolute Gasteiger partial charge is 0.337 e. The van der Waals surface area contributed by atoms with Gasteiger partial charge in [-0.2, -0.15) is 0 Å². The molecule has 0 saturated heterocycles. The minimum absolute atomic E-state index is 0.155. The van der Waals surface area contributed by atoms with Crippen LogP contribution in [0.3, 0.4) is 0 Å². The van der Waals surface area contributed by atoms with Gasteiger partial charge in [0.15, 0.2) is 0 Å². The summed E-state index contributed by atoms with van der Waals surface area (Å²) in [5, 5.41) is 23.6. The molecule has 12 nitrogen and oxygen atoms in total. The van der Waals surface area contributed by atoms with E-state index in [9.17, 15) is 14.7 Å². The van der Waals surface area contributed by atoms with E-state index in [-0.39, 0.29) is 11.1 Å². The number of halogens is 1. The number of benzene rings is 4. The fraction of sp³-hybridized carbons (Fsp3) is 0.0500. The molecule has 0 bridgehead atoms. The van der Waals surface area contributed by atoms with Crippen LogP contribution in [0, 0.1) is 13.8 Å². The van der Waals surface area contributed by atoms with Crippen molar-refractivity contribution in [3.05, 3.63) is 150 Å². The summed E-state index contributed by atoms with van der Waals surface area (Å²) in [6.07, 6.45) is 9.52. The largest absolute Gasteiger partial charge is 0.478 e. The second kappa shape index (κ2) is 15.9. The Morgan fingerprint density at radius 1 is 0.679 bits per heavy atom. The van der Waals surface area contributed by atoms with Gasteiger partial charge in [0, 0.05) is 28.9 Å². The molecule has 0 spiro atoms. The van der Waals surface area contributed by atoms with Crippen LogP contribution in [0.1, 0.15) is 31.8 Å². The van der Waals surface area contributed by atoms with E-state index < -0.39 is 11.9 Å². The molecule has 0 fully saturated rings. The van der Waals surface area contributed by atoms with Crippen molar-refractivity contribution in [2.45, 2.75) is 13.8 Å². The first kappa shape index (κ1) is 35.8. The van der Waals surface area contributed by atoms with Crippen molar-refractivity contribution in [3.63, 3.8) is 0 Å². The number of aromatic carboxylic acids is 2. The highest BCUT2D eigenvalue weighted by atomic mass is 35.5. The standard InChI is InChI=1S/C20H15N3O3.C13H9ClN2O.C7H7NO2/c1-12-6-7-16-14(10-12)18(15(11-22-16)19-21-8-9-26-19)23-17-5-3-2-4-13(17)20(24)25;1-8-2-3-11-9(6-8)12(14)10(7-16-11)13-15-4-5-17-13;8-6-4-2-1-3-5(6)7(9)10/h2-11H,1H3,(H,22,23)(H,24,25);2-7H,1H3;1-4H,8H2,(H,9,10). The van der Waals surface area contributed by atoms with Crippen LogP contribution < -0.4 is 11.1 Å². The lowest BCUT2D eigenvalue weighted by Crippen LogP contribution is -2.04. The number of rotatable bonds is 6. The first-order valence-corrected chi connectivity index (χ1v) is 16.4. The molecule has 0 unspecified atom stereocenters. The van der Waals surface area contributed by atoms with Crippen molar-refractivity contribution in [3.8, 4) is 22.9 Å². The quantitative estimate of drug-likeness (QED) is 0.119. The lowest BCUT2D eigenvalue weighted by molar-refractivity contribution is 0.0687. The number of hydrogen-bond donors (Lipinski definition) is 4. The minimum Gasteiger partial charge on any atom is -0.478 e. The Labute approximate surface area is 307 Å². The van der Waals surface area contributed by atoms with Gasteiger partial charge in [-0.15, -0.1) is 0 Å². The molecule has 13 heteroatoms. The Morgan fingerprint density at radius 2 is 1.21 bits per heavy atom. The first-order chi connectivity index (χ1) is 25.6. The van der Waals surface area contributed by atoms with Gasteiger partial charge >= 0.3 is 11.9 Å². The Hall–Kier alpha value is -7.05. The highest BCUT2D eigenvalue weighted by molar-refractivity contribution is 6.37. The SMILES string of the molecule is Cc1ccc2ncc(-c3ncco3)c(Cl)c2c1.Cc1ccc2ncc(-c3ncco3)c(Nc3ccccc3C(=O)O)c2c1.Nc1ccccc1C(=O)O. The summed E-state index contributed by atoms with van der Waals surface area (Å²) >= 11 is 6.36. The highest BCUT2D eigenvalue weighted by Gasteiger charge is 2.17. The number of carbonyl (C=O) groups is 2. The number of fused-ring (bicyclic) bond motifs is 2. The number of carboxylic acid groups (broad SMARTS) is 2. The summed E-state index contributed by atoms with van der Waals surface area (Å²) in [7, 11) is 0. The van der Waals surface area contributed by atoms with Crippen molar-refractivity contribution >= 4 is 62.4 Å². The second-order valence-electron chi connectivity index (χ2n) is 11.6. The normalized spacial score (nSPS) is 10.5. The number of aryl methyl sites for hydroxylation is 2. The number of nitrogens with one attached hydrogen (secondary N) is 1. The van der Waals surface area contributed by atoms with Gasteiger partial charge in [0.2, 0.25) is 11.8 Å². The third kappa shape index (κ3) is 8.14. The molecular weight excluding hydrogens is 696 g/mol. The van der Waals surface area contributed by atoms with E-state index in [1.807, 2.05) is 50.2 Å². The van der Waals surface area contributed by atoms with Crippen LogP contribution in [-0.4, -0.2) is 42.1 Å². The molecule has 5 N–H and O–H groups in total. The summed E-state index contributed by atoms with van der Waals surface area (Å²) in [4.78, 5) is 39.0. The molecule has 8 aromatic rings. The molecule has 53 heavy (non-hydrogen) atoms. The second-order valence-corrected chi connectivity index (χ2v) is 12.0. The van der Waals surface area contributed by atoms with Crippen LogP contribution in [0.25, 0.3) is 44.7 Å². The van der Waals surface area contributed by atoms with E-state index in [1.165, 1.54) is 18.6 Å². The predicted octanol–water partition coefficient (Wildman–Crippen LogP) is 9.46. The van der Waals surface area contributed by atoms with Crippen molar-refractivity contribution in [2.75, 3.05) is 11.1 Å². The number of nitrogens with two attached hydrogens (primary N) is 1. The van der Waals surface area contributed by atoms with Crippen molar-refractivity contribution in [1.82, 2.24) is 19.9 Å². The molecule has 4 aromatic carbocycles. The Bertz CT molecular complexity index is 2560. The molecule has 0 radical (unpaired) electrons. The third-order valence-corrected chi connectivity index (χ3v) is 8.32. The zero-order valence-corrected chi connectivity index (χ0v) is 29.1. The van der Waals surface area contributed by atoms with Gasteiger partial charge in [-0.1, -0.05) is 59.1 Å². The van der Waals surface area contributed by atoms with E-state index >= 15 is 0 Å². The Morgan fingerprint density at radius 3 is 1.77 bits per heavy atom.